The number of fused-ring (bicyclic) bond motifs is 1. The minimum Gasteiger partial charge on any atom is -0.394 e. The SMILES string of the molecule is CCCCCCCCCCCCCC(=O)NC(CO)(CO)CCc1ccc(CCCCCCCC)c2ccccc12. The fourth-order valence-electron chi connectivity index (χ4n) is 5.99. The fraction of sp³-hybridized carbons (Fsp3) is 0.703. The van der Waals surface area contributed by atoms with Crippen LogP contribution < -0.4 is 5.32 Å². The molecule has 41 heavy (non-hydrogen) atoms. The normalized spacial score (nSPS) is 11.8. The number of aliphatic hydroxyl groups is 2. The van der Waals surface area contributed by atoms with Crippen LogP contribution >= 0.6 is 0 Å². The van der Waals surface area contributed by atoms with E-state index in [0.29, 0.717) is 19.3 Å². The van der Waals surface area contributed by atoms with Gasteiger partial charge in [-0.2, -0.15) is 0 Å². The number of aryl methyl sites for hydroxylation is 2. The summed E-state index contributed by atoms with van der Waals surface area (Å²) >= 11 is 0. The van der Waals surface area contributed by atoms with Gasteiger partial charge in [0.15, 0.2) is 0 Å². The predicted octanol–water partition coefficient (Wildman–Crippen LogP) is 9.22. The number of hydrogen-bond donors (Lipinski definition) is 3. The molecule has 4 heteroatoms. The molecule has 0 atom stereocenters. The molecule has 4 nitrogen and oxygen atoms in total. The first-order valence-corrected chi connectivity index (χ1v) is 17.1. The Morgan fingerprint density at radius 2 is 1.05 bits per heavy atom. The quantitative estimate of drug-likeness (QED) is 0.105. The van der Waals surface area contributed by atoms with E-state index in [4.69, 9.17) is 0 Å². The Bertz CT molecular complexity index is 952. The smallest absolute Gasteiger partial charge is 0.220 e. The highest BCUT2D eigenvalue weighted by atomic mass is 16.3. The first-order valence-electron chi connectivity index (χ1n) is 17.1. The molecule has 0 radical (unpaired) electrons. The monoisotopic (exact) mass is 567 g/mol. The second-order valence-corrected chi connectivity index (χ2v) is 12.4. The van der Waals surface area contributed by atoms with E-state index in [1.54, 1.807) is 0 Å². The zero-order valence-corrected chi connectivity index (χ0v) is 26.5. The Balaban J connectivity index is 1.80. The van der Waals surface area contributed by atoms with Gasteiger partial charge in [-0.3, -0.25) is 4.79 Å². The van der Waals surface area contributed by atoms with Crippen molar-refractivity contribution in [1.29, 1.82) is 0 Å². The minimum atomic E-state index is -0.993. The van der Waals surface area contributed by atoms with Crippen LogP contribution in [0.15, 0.2) is 36.4 Å². The largest absolute Gasteiger partial charge is 0.394 e. The number of carbonyl (C=O) groups excluding carboxylic acids is 1. The van der Waals surface area contributed by atoms with Gasteiger partial charge in [0.1, 0.15) is 0 Å². The van der Waals surface area contributed by atoms with Gasteiger partial charge in [-0.05, 0) is 54.0 Å². The molecule has 0 aromatic heterocycles. The molecule has 2 rings (SSSR count). The topological polar surface area (TPSA) is 69.6 Å². The molecule has 0 spiro atoms. The molecule has 0 aliphatic rings. The van der Waals surface area contributed by atoms with E-state index in [9.17, 15) is 15.0 Å². The summed E-state index contributed by atoms with van der Waals surface area (Å²) in [4.78, 5) is 12.8. The van der Waals surface area contributed by atoms with Crippen molar-refractivity contribution in [2.75, 3.05) is 13.2 Å². The zero-order valence-electron chi connectivity index (χ0n) is 26.5. The minimum absolute atomic E-state index is 0.0665. The van der Waals surface area contributed by atoms with Crippen molar-refractivity contribution in [3.05, 3.63) is 47.5 Å². The van der Waals surface area contributed by atoms with E-state index < -0.39 is 5.54 Å². The van der Waals surface area contributed by atoms with Crippen LogP contribution in [0.3, 0.4) is 0 Å². The highest BCUT2D eigenvalue weighted by Gasteiger charge is 2.30. The summed E-state index contributed by atoms with van der Waals surface area (Å²) in [6.45, 7) is 3.99. The molecule has 0 saturated heterocycles. The summed E-state index contributed by atoms with van der Waals surface area (Å²) in [5, 5.41) is 26.0. The maximum absolute atomic E-state index is 12.8. The lowest BCUT2D eigenvalue weighted by Crippen LogP contribution is -2.54. The third-order valence-electron chi connectivity index (χ3n) is 8.79. The number of rotatable bonds is 25. The van der Waals surface area contributed by atoms with E-state index in [-0.39, 0.29) is 19.1 Å². The Kier molecular flexibility index (Phi) is 18.7. The molecule has 0 heterocycles. The molecule has 3 N–H and O–H groups in total. The van der Waals surface area contributed by atoms with E-state index in [2.05, 4.69) is 55.6 Å². The molecule has 0 aliphatic carbocycles. The van der Waals surface area contributed by atoms with Crippen LogP contribution in [0.4, 0.5) is 0 Å². The summed E-state index contributed by atoms with van der Waals surface area (Å²) in [6, 6.07) is 13.1. The number of benzene rings is 2. The van der Waals surface area contributed by atoms with Gasteiger partial charge in [0.25, 0.3) is 0 Å². The van der Waals surface area contributed by atoms with Crippen molar-refractivity contribution >= 4 is 16.7 Å². The predicted molar refractivity (Wildman–Crippen MR) is 175 cm³/mol. The van der Waals surface area contributed by atoms with Gasteiger partial charge in [-0.25, -0.2) is 0 Å². The molecule has 0 unspecified atom stereocenters. The molecule has 2 aromatic rings. The van der Waals surface area contributed by atoms with Crippen molar-refractivity contribution in [3.8, 4) is 0 Å². The number of hydrogen-bond acceptors (Lipinski definition) is 3. The van der Waals surface area contributed by atoms with Gasteiger partial charge in [0, 0.05) is 6.42 Å². The third-order valence-corrected chi connectivity index (χ3v) is 8.79. The number of nitrogens with one attached hydrogen (secondary N) is 1. The number of unbranched alkanes of at least 4 members (excludes halogenated alkanes) is 15. The first-order chi connectivity index (χ1) is 20.1. The van der Waals surface area contributed by atoms with Crippen LogP contribution in [0, 0.1) is 0 Å². The molecule has 0 fully saturated rings. The second kappa shape index (κ2) is 21.7. The van der Waals surface area contributed by atoms with Gasteiger partial charge in [-0.15, -0.1) is 0 Å². The van der Waals surface area contributed by atoms with E-state index in [1.807, 2.05) is 0 Å². The average Bonchev–Trinajstić information content (AvgIpc) is 3.00. The maximum Gasteiger partial charge on any atom is 0.220 e. The lowest BCUT2D eigenvalue weighted by atomic mass is 9.89. The van der Waals surface area contributed by atoms with E-state index in [0.717, 1.165) is 19.3 Å². The average molecular weight is 568 g/mol. The van der Waals surface area contributed by atoms with Crippen molar-refractivity contribution in [3.63, 3.8) is 0 Å². The van der Waals surface area contributed by atoms with Gasteiger partial charge in [-0.1, -0.05) is 147 Å². The highest BCUT2D eigenvalue weighted by Crippen LogP contribution is 2.27. The molecular formula is C37H61NO3. The number of carbonyl (C=O) groups is 1. The summed E-state index contributed by atoms with van der Waals surface area (Å²) < 4.78 is 0. The Morgan fingerprint density at radius 1 is 0.610 bits per heavy atom. The van der Waals surface area contributed by atoms with Crippen LogP contribution in [0.2, 0.25) is 0 Å². The molecule has 232 valence electrons. The summed E-state index contributed by atoms with van der Waals surface area (Å²) in [5.74, 6) is -0.0665. The van der Waals surface area contributed by atoms with Gasteiger partial charge < -0.3 is 15.5 Å². The summed E-state index contributed by atoms with van der Waals surface area (Å²) in [7, 11) is 0. The third kappa shape index (κ3) is 13.7. The number of amides is 1. The van der Waals surface area contributed by atoms with Crippen LogP contribution in [-0.4, -0.2) is 34.9 Å². The Labute approximate surface area is 251 Å². The molecule has 0 bridgehead atoms. The van der Waals surface area contributed by atoms with Crippen molar-refractivity contribution in [2.45, 2.75) is 154 Å². The molecular weight excluding hydrogens is 506 g/mol. The van der Waals surface area contributed by atoms with Gasteiger partial charge in [0.2, 0.25) is 5.91 Å². The standard InChI is InChI=1S/C37H61NO3/c1-3-5-7-9-11-12-13-14-15-17-19-25-36(41)38-37(30-39,31-40)29-28-33-27-26-32(22-18-16-10-8-6-4-2)34-23-20-21-24-35(33)34/h20-21,23-24,26-27,39-40H,3-19,22,25,28-31H2,1-2H3,(H,38,41). The van der Waals surface area contributed by atoms with Gasteiger partial charge >= 0.3 is 0 Å². The fourth-order valence-corrected chi connectivity index (χ4v) is 5.99. The van der Waals surface area contributed by atoms with Gasteiger partial charge in [0.05, 0.1) is 18.8 Å². The van der Waals surface area contributed by atoms with E-state index >= 15 is 0 Å². The van der Waals surface area contributed by atoms with Crippen molar-refractivity contribution in [2.24, 2.45) is 0 Å². The maximum atomic E-state index is 12.8. The Morgan fingerprint density at radius 3 is 1.54 bits per heavy atom. The molecule has 0 saturated carbocycles. The molecule has 2 aromatic carbocycles. The zero-order chi connectivity index (χ0) is 29.6. The lowest BCUT2D eigenvalue weighted by Gasteiger charge is -2.31. The number of aliphatic hydroxyl groups excluding tert-OH is 2. The van der Waals surface area contributed by atoms with E-state index in [1.165, 1.54) is 118 Å². The Hall–Kier alpha value is -1.91. The molecule has 0 aliphatic heterocycles. The summed E-state index contributed by atoms with van der Waals surface area (Å²) in [6.07, 6.45) is 24.2. The van der Waals surface area contributed by atoms with Crippen LogP contribution in [0.5, 0.6) is 0 Å². The van der Waals surface area contributed by atoms with Crippen molar-refractivity contribution < 1.29 is 15.0 Å². The summed E-state index contributed by atoms with van der Waals surface area (Å²) in [5.41, 5.74) is 1.61. The second-order valence-electron chi connectivity index (χ2n) is 12.4. The van der Waals surface area contributed by atoms with Crippen LogP contribution in [0.1, 0.15) is 147 Å². The highest BCUT2D eigenvalue weighted by molar-refractivity contribution is 5.88. The molecule has 1 amide bonds. The first kappa shape index (κ1) is 35.3. The van der Waals surface area contributed by atoms with Crippen molar-refractivity contribution in [1.82, 2.24) is 5.32 Å². The lowest BCUT2D eigenvalue weighted by molar-refractivity contribution is -0.124. The van der Waals surface area contributed by atoms with Crippen LogP contribution in [-0.2, 0) is 17.6 Å². The van der Waals surface area contributed by atoms with Crippen LogP contribution in [0.25, 0.3) is 10.8 Å².